The molecule has 3 aromatic rings. The topological polar surface area (TPSA) is 82.2 Å². The minimum absolute atomic E-state index is 0.147. The molecule has 0 bridgehead atoms. The van der Waals surface area contributed by atoms with Gasteiger partial charge in [-0.3, -0.25) is 0 Å². The standard InChI is InChI=1S/C23H27IN6O/c1-30(2)21-19-5-3-4-6-20(19)28-22(29-21)25-16-11-13-18(14-12-16)27-23(31)26-17-9-7-15(24)8-10-17/h3-10,16,18H,11-14H2,1-2H3,(H,25,28,29)(H2,26,27,31)/t16-,18+. The molecular weight excluding hydrogens is 503 g/mol. The van der Waals surface area contributed by atoms with E-state index in [1.54, 1.807) is 0 Å². The fraction of sp³-hybridized carbons (Fsp3) is 0.348. The molecule has 4 rings (SSSR count). The van der Waals surface area contributed by atoms with Gasteiger partial charge >= 0.3 is 6.03 Å². The van der Waals surface area contributed by atoms with Crippen LogP contribution in [-0.4, -0.2) is 42.2 Å². The average Bonchev–Trinajstić information content (AvgIpc) is 2.76. The van der Waals surface area contributed by atoms with E-state index >= 15 is 0 Å². The van der Waals surface area contributed by atoms with E-state index in [0.29, 0.717) is 12.0 Å². The van der Waals surface area contributed by atoms with E-state index in [9.17, 15) is 4.79 Å². The van der Waals surface area contributed by atoms with Gasteiger partial charge in [-0.05, 0) is 84.7 Å². The van der Waals surface area contributed by atoms with Crippen LogP contribution < -0.4 is 20.9 Å². The Morgan fingerprint density at radius 3 is 2.35 bits per heavy atom. The van der Waals surface area contributed by atoms with Gasteiger partial charge in [0.05, 0.1) is 5.52 Å². The van der Waals surface area contributed by atoms with Gasteiger partial charge < -0.3 is 20.9 Å². The second-order valence-electron chi connectivity index (χ2n) is 8.08. The summed E-state index contributed by atoms with van der Waals surface area (Å²) in [5.41, 5.74) is 1.74. The highest BCUT2D eigenvalue weighted by Crippen LogP contribution is 2.26. The maximum absolute atomic E-state index is 12.3. The lowest BCUT2D eigenvalue weighted by Crippen LogP contribution is -2.42. The molecule has 1 aliphatic carbocycles. The Balaban J connectivity index is 1.32. The number of anilines is 3. The summed E-state index contributed by atoms with van der Waals surface area (Å²) in [4.78, 5) is 23.8. The molecule has 31 heavy (non-hydrogen) atoms. The third kappa shape index (κ3) is 5.55. The molecule has 162 valence electrons. The summed E-state index contributed by atoms with van der Waals surface area (Å²) in [7, 11) is 3.99. The summed E-state index contributed by atoms with van der Waals surface area (Å²) < 4.78 is 1.14. The van der Waals surface area contributed by atoms with Crippen molar-refractivity contribution in [1.29, 1.82) is 0 Å². The third-order valence-electron chi connectivity index (χ3n) is 5.50. The van der Waals surface area contributed by atoms with Crippen LogP contribution in [0.2, 0.25) is 0 Å². The van der Waals surface area contributed by atoms with Crippen molar-refractivity contribution in [1.82, 2.24) is 15.3 Å². The van der Waals surface area contributed by atoms with Crippen molar-refractivity contribution >= 4 is 57.0 Å². The number of hydrogen-bond donors (Lipinski definition) is 3. The summed E-state index contributed by atoms with van der Waals surface area (Å²) >= 11 is 2.25. The predicted octanol–water partition coefficient (Wildman–Crippen LogP) is 4.85. The molecule has 1 saturated carbocycles. The highest BCUT2D eigenvalue weighted by molar-refractivity contribution is 14.1. The summed E-state index contributed by atoms with van der Waals surface area (Å²) in [6.07, 6.45) is 3.77. The van der Waals surface area contributed by atoms with E-state index in [0.717, 1.165) is 51.7 Å². The van der Waals surface area contributed by atoms with E-state index in [-0.39, 0.29) is 12.1 Å². The Morgan fingerprint density at radius 2 is 1.65 bits per heavy atom. The Kier molecular flexibility index (Phi) is 6.74. The van der Waals surface area contributed by atoms with Gasteiger partial charge in [-0.2, -0.15) is 4.98 Å². The Morgan fingerprint density at radius 1 is 0.968 bits per heavy atom. The zero-order valence-corrected chi connectivity index (χ0v) is 19.9. The average molecular weight is 530 g/mol. The molecule has 1 aliphatic rings. The molecule has 1 aromatic heterocycles. The Hall–Kier alpha value is -2.62. The normalized spacial score (nSPS) is 18.4. The fourth-order valence-electron chi connectivity index (χ4n) is 3.92. The summed E-state index contributed by atoms with van der Waals surface area (Å²) in [5, 5.41) is 10.6. The van der Waals surface area contributed by atoms with E-state index in [2.05, 4.69) is 38.5 Å². The quantitative estimate of drug-likeness (QED) is 0.412. The monoisotopic (exact) mass is 530 g/mol. The molecule has 1 fully saturated rings. The molecule has 0 radical (unpaired) electrons. The van der Waals surface area contributed by atoms with Crippen molar-refractivity contribution in [3.8, 4) is 0 Å². The smallest absolute Gasteiger partial charge is 0.319 e. The van der Waals surface area contributed by atoms with Gasteiger partial charge in [0.25, 0.3) is 0 Å². The number of rotatable bonds is 5. The van der Waals surface area contributed by atoms with Crippen LogP contribution in [0.1, 0.15) is 25.7 Å². The molecule has 8 heteroatoms. The van der Waals surface area contributed by atoms with Crippen LogP contribution in [0, 0.1) is 3.57 Å². The number of nitrogens with zero attached hydrogens (tertiary/aromatic N) is 3. The van der Waals surface area contributed by atoms with Gasteiger partial charge in [0, 0.05) is 40.8 Å². The predicted molar refractivity (Wildman–Crippen MR) is 135 cm³/mol. The molecule has 2 aromatic carbocycles. The first kappa shape index (κ1) is 21.6. The van der Waals surface area contributed by atoms with Crippen LogP contribution in [0.3, 0.4) is 0 Å². The molecule has 0 saturated heterocycles. The van der Waals surface area contributed by atoms with E-state index < -0.39 is 0 Å². The van der Waals surface area contributed by atoms with Crippen molar-refractivity contribution in [2.45, 2.75) is 37.8 Å². The number of amides is 2. The van der Waals surface area contributed by atoms with Gasteiger partial charge in [0.1, 0.15) is 5.82 Å². The van der Waals surface area contributed by atoms with Gasteiger partial charge in [0.15, 0.2) is 0 Å². The zero-order valence-electron chi connectivity index (χ0n) is 17.7. The molecule has 1 heterocycles. The zero-order chi connectivity index (χ0) is 21.8. The Bertz CT molecular complexity index is 1050. The minimum atomic E-state index is -0.147. The second-order valence-corrected chi connectivity index (χ2v) is 9.33. The summed E-state index contributed by atoms with van der Waals surface area (Å²) in [6, 6.07) is 16.2. The van der Waals surface area contributed by atoms with Gasteiger partial charge in [-0.1, -0.05) is 12.1 Å². The van der Waals surface area contributed by atoms with Crippen LogP contribution in [0.15, 0.2) is 48.5 Å². The van der Waals surface area contributed by atoms with Gasteiger partial charge in [-0.15, -0.1) is 0 Å². The van der Waals surface area contributed by atoms with Crippen molar-refractivity contribution < 1.29 is 4.79 Å². The molecule has 7 nitrogen and oxygen atoms in total. The fourth-order valence-corrected chi connectivity index (χ4v) is 4.28. The van der Waals surface area contributed by atoms with Crippen LogP contribution in [0.4, 0.5) is 22.2 Å². The summed E-state index contributed by atoms with van der Waals surface area (Å²) in [6.45, 7) is 0. The number of aromatic nitrogens is 2. The number of carbonyl (C=O) groups is 1. The molecular formula is C23H27IN6O. The van der Waals surface area contributed by atoms with Crippen molar-refractivity contribution in [3.05, 3.63) is 52.1 Å². The summed E-state index contributed by atoms with van der Waals surface area (Å²) in [5.74, 6) is 1.57. The lowest BCUT2D eigenvalue weighted by atomic mass is 9.91. The number of para-hydroxylation sites is 1. The first-order valence-corrected chi connectivity index (χ1v) is 11.6. The van der Waals surface area contributed by atoms with Crippen LogP contribution in [0.25, 0.3) is 10.9 Å². The number of hydrogen-bond acceptors (Lipinski definition) is 5. The molecule has 0 aliphatic heterocycles. The van der Waals surface area contributed by atoms with Gasteiger partial charge in [0.2, 0.25) is 5.95 Å². The second kappa shape index (κ2) is 9.67. The minimum Gasteiger partial charge on any atom is -0.362 e. The Labute approximate surface area is 196 Å². The van der Waals surface area contributed by atoms with Gasteiger partial charge in [-0.25, -0.2) is 9.78 Å². The van der Waals surface area contributed by atoms with Crippen LogP contribution >= 0.6 is 22.6 Å². The maximum atomic E-state index is 12.3. The van der Waals surface area contributed by atoms with Crippen molar-refractivity contribution in [2.24, 2.45) is 0 Å². The molecule has 0 unspecified atom stereocenters. The number of halogens is 1. The third-order valence-corrected chi connectivity index (χ3v) is 6.22. The molecule has 2 amide bonds. The van der Waals surface area contributed by atoms with Crippen LogP contribution in [0.5, 0.6) is 0 Å². The van der Waals surface area contributed by atoms with Crippen molar-refractivity contribution in [2.75, 3.05) is 29.6 Å². The highest BCUT2D eigenvalue weighted by atomic mass is 127. The first-order chi connectivity index (χ1) is 15.0. The van der Waals surface area contributed by atoms with E-state index in [1.165, 1.54) is 0 Å². The first-order valence-electron chi connectivity index (χ1n) is 10.5. The van der Waals surface area contributed by atoms with E-state index in [1.807, 2.05) is 67.5 Å². The molecule has 0 spiro atoms. The SMILES string of the molecule is CN(C)c1nc(N[C@H]2CC[C@@H](NC(=O)Nc3ccc(I)cc3)CC2)nc2ccccc12. The lowest BCUT2D eigenvalue weighted by molar-refractivity contribution is 0.243. The number of fused-ring (bicyclic) bond motifs is 1. The lowest BCUT2D eigenvalue weighted by Gasteiger charge is -2.30. The number of nitrogens with one attached hydrogen (secondary N) is 3. The maximum Gasteiger partial charge on any atom is 0.319 e. The van der Waals surface area contributed by atoms with Crippen LogP contribution in [-0.2, 0) is 0 Å². The largest absolute Gasteiger partial charge is 0.362 e. The molecule has 0 atom stereocenters. The number of benzene rings is 2. The van der Waals surface area contributed by atoms with E-state index in [4.69, 9.17) is 9.97 Å². The number of carbonyl (C=O) groups excluding carboxylic acids is 1. The van der Waals surface area contributed by atoms with Crippen molar-refractivity contribution in [3.63, 3.8) is 0 Å². The number of urea groups is 1. The molecule has 3 N–H and O–H groups in total. The highest BCUT2D eigenvalue weighted by Gasteiger charge is 2.23.